The van der Waals surface area contributed by atoms with E-state index in [1.807, 2.05) is 24.3 Å². The molecule has 2 aromatic rings. The van der Waals surface area contributed by atoms with Gasteiger partial charge in [-0.1, -0.05) is 38.1 Å². The van der Waals surface area contributed by atoms with Crippen molar-refractivity contribution in [2.75, 3.05) is 0 Å². The fourth-order valence-corrected chi connectivity index (χ4v) is 2.57. The highest BCUT2D eigenvalue weighted by molar-refractivity contribution is 5.91. The van der Waals surface area contributed by atoms with Gasteiger partial charge in [0.1, 0.15) is 11.5 Å². The Morgan fingerprint density at radius 1 is 0.750 bits per heavy atom. The second-order valence-electron chi connectivity index (χ2n) is 4.76. The van der Waals surface area contributed by atoms with Crippen molar-refractivity contribution in [3.63, 3.8) is 0 Å². The minimum Gasteiger partial charge on any atom is -0.508 e. The molecule has 0 radical (unpaired) electrons. The van der Waals surface area contributed by atoms with Crippen LogP contribution in [0.4, 0.5) is 0 Å². The van der Waals surface area contributed by atoms with E-state index in [2.05, 4.69) is 13.8 Å². The first-order valence-corrected chi connectivity index (χ1v) is 6.96. The van der Waals surface area contributed by atoms with Crippen LogP contribution in [-0.4, -0.2) is 10.2 Å². The molecule has 0 spiro atoms. The number of rotatable bonds is 4. The van der Waals surface area contributed by atoms with E-state index in [0.717, 1.165) is 24.0 Å². The Labute approximate surface area is 120 Å². The van der Waals surface area contributed by atoms with Crippen LogP contribution in [-0.2, 0) is 0 Å². The van der Waals surface area contributed by atoms with Crippen LogP contribution in [0.25, 0.3) is 11.1 Å². The molecule has 2 nitrogen and oxygen atoms in total. The number of aromatic hydroxyl groups is 2. The molecule has 0 aliphatic carbocycles. The van der Waals surface area contributed by atoms with Gasteiger partial charge in [0.25, 0.3) is 0 Å². The van der Waals surface area contributed by atoms with Gasteiger partial charge >= 0.3 is 0 Å². The van der Waals surface area contributed by atoms with Crippen molar-refractivity contribution < 1.29 is 10.2 Å². The van der Waals surface area contributed by atoms with Crippen LogP contribution in [0.1, 0.15) is 37.8 Å². The average molecular weight is 268 g/mol. The van der Waals surface area contributed by atoms with Gasteiger partial charge in [-0.25, -0.2) is 0 Å². The number of hydrogen-bond donors (Lipinski definition) is 2. The van der Waals surface area contributed by atoms with Crippen LogP contribution in [0.2, 0.25) is 0 Å². The molecule has 0 fully saturated rings. The summed E-state index contributed by atoms with van der Waals surface area (Å²) in [6.45, 7) is 4.22. The smallest absolute Gasteiger partial charge is 0.116 e. The lowest BCUT2D eigenvalue weighted by molar-refractivity contribution is 0.474. The average Bonchev–Trinajstić information content (AvgIpc) is 2.44. The van der Waals surface area contributed by atoms with Gasteiger partial charge in [0.2, 0.25) is 0 Å². The first-order chi connectivity index (χ1) is 9.65. The summed E-state index contributed by atoms with van der Waals surface area (Å²) < 4.78 is 0. The van der Waals surface area contributed by atoms with E-state index in [1.165, 1.54) is 11.1 Å². The van der Waals surface area contributed by atoms with Gasteiger partial charge in [0, 0.05) is 0 Å². The molecular formula is C18H20O2. The van der Waals surface area contributed by atoms with Crippen LogP contribution in [0.15, 0.2) is 48.5 Å². The fourth-order valence-electron chi connectivity index (χ4n) is 2.57. The maximum Gasteiger partial charge on any atom is 0.116 e. The van der Waals surface area contributed by atoms with Crippen LogP contribution in [0.3, 0.4) is 0 Å². The van der Waals surface area contributed by atoms with E-state index >= 15 is 0 Å². The Hall–Kier alpha value is -2.22. The SMILES string of the molecule is CC/C(=C(\CC)c1cccc(O)c1)c1cccc(O)c1. The van der Waals surface area contributed by atoms with E-state index in [-0.39, 0.29) is 11.5 Å². The van der Waals surface area contributed by atoms with Gasteiger partial charge in [0.05, 0.1) is 0 Å². The van der Waals surface area contributed by atoms with Crippen LogP contribution >= 0.6 is 0 Å². The van der Waals surface area contributed by atoms with E-state index < -0.39 is 0 Å². The Balaban J connectivity index is 2.59. The predicted molar refractivity (Wildman–Crippen MR) is 83.6 cm³/mol. The molecule has 0 unspecified atom stereocenters. The first-order valence-electron chi connectivity index (χ1n) is 6.96. The third-order valence-corrected chi connectivity index (χ3v) is 3.46. The third-order valence-electron chi connectivity index (χ3n) is 3.46. The topological polar surface area (TPSA) is 40.5 Å². The molecule has 0 amide bonds. The quantitative estimate of drug-likeness (QED) is 0.780. The highest BCUT2D eigenvalue weighted by Crippen LogP contribution is 2.33. The van der Waals surface area contributed by atoms with E-state index in [1.54, 1.807) is 24.3 Å². The van der Waals surface area contributed by atoms with Crippen molar-refractivity contribution in [1.29, 1.82) is 0 Å². The Morgan fingerprint density at radius 3 is 1.45 bits per heavy atom. The Bertz CT molecular complexity index is 571. The molecule has 0 aromatic heterocycles. The second kappa shape index (κ2) is 6.29. The molecule has 0 saturated carbocycles. The summed E-state index contributed by atoms with van der Waals surface area (Å²) >= 11 is 0. The molecule has 20 heavy (non-hydrogen) atoms. The molecule has 0 aliphatic rings. The normalized spacial score (nSPS) is 12.1. The van der Waals surface area contributed by atoms with E-state index in [4.69, 9.17) is 0 Å². The predicted octanol–water partition coefficient (Wildman–Crippen LogP) is 4.83. The standard InChI is InChI=1S/C18H20O2/c1-3-17(13-7-5-9-15(19)11-13)18(4-2)14-8-6-10-16(20)12-14/h5-12,19-20H,3-4H2,1-2H3/b18-17-. The summed E-state index contributed by atoms with van der Waals surface area (Å²) in [6, 6.07) is 14.7. The van der Waals surface area contributed by atoms with Gasteiger partial charge in [-0.3, -0.25) is 0 Å². The molecule has 2 rings (SSSR count). The number of benzene rings is 2. The highest BCUT2D eigenvalue weighted by atomic mass is 16.3. The zero-order valence-electron chi connectivity index (χ0n) is 11.9. The van der Waals surface area contributed by atoms with Crippen LogP contribution < -0.4 is 0 Å². The minimum absolute atomic E-state index is 0.278. The maximum absolute atomic E-state index is 9.66. The summed E-state index contributed by atoms with van der Waals surface area (Å²) in [5.74, 6) is 0.555. The fraction of sp³-hybridized carbons (Fsp3) is 0.222. The summed E-state index contributed by atoms with van der Waals surface area (Å²) in [5.41, 5.74) is 4.48. The number of phenolic OH excluding ortho intramolecular Hbond substituents is 2. The zero-order valence-corrected chi connectivity index (χ0v) is 11.9. The van der Waals surface area contributed by atoms with Crippen molar-refractivity contribution in [2.45, 2.75) is 26.7 Å². The van der Waals surface area contributed by atoms with Crippen molar-refractivity contribution in [3.8, 4) is 11.5 Å². The van der Waals surface area contributed by atoms with Crippen molar-refractivity contribution >= 4 is 11.1 Å². The largest absolute Gasteiger partial charge is 0.508 e. The zero-order chi connectivity index (χ0) is 14.5. The molecule has 2 N–H and O–H groups in total. The summed E-state index contributed by atoms with van der Waals surface area (Å²) in [5, 5.41) is 19.3. The summed E-state index contributed by atoms with van der Waals surface area (Å²) in [7, 11) is 0. The number of phenols is 2. The molecular weight excluding hydrogens is 248 g/mol. The molecule has 0 heterocycles. The molecule has 0 bridgehead atoms. The maximum atomic E-state index is 9.66. The third kappa shape index (κ3) is 3.02. The number of hydrogen-bond acceptors (Lipinski definition) is 2. The van der Waals surface area contributed by atoms with Crippen molar-refractivity contribution in [1.82, 2.24) is 0 Å². The lowest BCUT2D eigenvalue weighted by Gasteiger charge is -2.14. The Kier molecular flexibility index (Phi) is 4.46. The van der Waals surface area contributed by atoms with E-state index in [0.29, 0.717) is 0 Å². The van der Waals surface area contributed by atoms with Crippen LogP contribution in [0, 0.1) is 0 Å². The first kappa shape index (κ1) is 14.2. The van der Waals surface area contributed by atoms with Gasteiger partial charge in [-0.15, -0.1) is 0 Å². The second-order valence-corrected chi connectivity index (χ2v) is 4.76. The molecule has 0 saturated heterocycles. The summed E-state index contributed by atoms with van der Waals surface area (Å²) in [4.78, 5) is 0. The highest BCUT2D eigenvalue weighted by Gasteiger charge is 2.09. The van der Waals surface area contributed by atoms with Gasteiger partial charge in [-0.2, -0.15) is 0 Å². The van der Waals surface area contributed by atoms with Gasteiger partial charge in [0.15, 0.2) is 0 Å². The molecule has 104 valence electrons. The van der Waals surface area contributed by atoms with Crippen molar-refractivity contribution in [3.05, 3.63) is 59.7 Å². The van der Waals surface area contributed by atoms with E-state index in [9.17, 15) is 10.2 Å². The lowest BCUT2D eigenvalue weighted by Crippen LogP contribution is -1.91. The molecule has 0 aliphatic heterocycles. The van der Waals surface area contributed by atoms with Gasteiger partial charge in [-0.05, 0) is 59.4 Å². The van der Waals surface area contributed by atoms with Crippen molar-refractivity contribution in [2.24, 2.45) is 0 Å². The molecule has 2 heteroatoms. The monoisotopic (exact) mass is 268 g/mol. The lowest BCUT2D eigenvalue weighted by atomic mass is 9.91. The molecule has 0 atom stereocenters. The Morgan fingerprint density at radius 2 is 1.15 bits per heavy atom. The van der Waals surface area contributed by atoms with Crippen LogP contribution in [0.5, 0.6) is 11.5 Å². The van der Waals surface area contributed by atoms with Gasteiger partial charge < -0.3 is 10.2 Å². The number of allylic oxidation sites excluding steroid dienone is 2. The molecule has 2 aromatic carbocycles. The minimum atomic E-state index is 0.278. The summed E-state index contributed by atoms with van der Waals surface area (Å²) in [6.07, 6.45) is 1.75.